The van der Waals surface area contributed by atoms with Crippen LogP contribution < -0.4 is 10.2 Å². The number of anilines is 1. The van der Waals surface area contributed by atoms with Crippen LogP contribution >= 0.6 is 0 Å². The summed E-state index contributed by atoms with van der Waals surface area (Å²) in [5.41, 5.74) is 0.435. The van der Waals surface area contributed by atoms with Crippen LogP contribution in [0.3, 0.4) is 0 Å². The summed E-state index contributed by atoms with van der Waals surface area (Å²) < 4.78 is 6.78. The molecule has 0 aliphatic carbocycles. The lowest BCUT2D eigenvalue weighted by atomic mass is 9.75. The van der Waals surface area contributed by atoms with E-state index < -0.39 is 6.04 Å². The van der Waals surface area contributed by atoms with Crippen LogP contribution in [0.15, 0.2) is 6.33 Å². The fourth-order valence-corrected chi connectivity index (χ4v) is 3.06. The van der Waals surface area contributed by atoms with Crippen molar-refractivity contribution in [3.63, 3.8) is 0 Å². The normalized spacial score (nSPS) is 21.0. The molecule has 1 aromatic heterocycles. The van der Waals surface area contributed by atoms with E-state index in [-0.39, 0.29) is 11.9 Å². The Morgan fingerprint density at radius 1 is 1.48 bits per heavy atom. The number of hydrogen-bond donors (Lipinski definition) is 1. The molecular weight excluding hydrogens is 270 g/mol. The van der Waals surface area contributed by atoms with Crippen LogP contribution in [0.4, 0.5) is 5.95 Å². The number of rotatable bonds is 5. The number of ether oxygens (including phenoxy) is 1. The van der Waals surface area contributed by atoms with E-state index in [1.807, 2.05) is 20.8 Å². The quantitative estimate of drug-likeness (QED) is 0.795. The van der Waals surface area contributed by atoms with Crippen molar-refractivity contribution in [1.82, 2.24) is 20.1 Å². The van der Waals surface area contributed by atoms with Gasteiger partial charge in [-0.1, -0.05) is 13.8 Å². The minimum absolute atomic E-state index is 0.108. The molecule has 1 spiro atoms. The summed E-state index contributed by atoms with van der Waals surface area (Å²) in [4.78, 5) is 18.6. The summed E-state index contributed by atoms with van der Waals surface area (Å²) >= 11 is 0. The number of nitrogens with one attached hydrogen (secondary N) is 1. The molecule has 0 bridgehead atoms. The van der Waals surface area contributed by atoms with Crippen LogP contribution in [-0.4, -0.2) is 53.5 Å². The average molecular weight is 293 g/mol. The molecule has 3 rings (SSSR count). The standard InChI is InChI=1S/C14H23N5O2/c1-4-21-12(20)11(10(2)3)19-9-16-13(17-19)18-7-14(8-18)5-15-6-14/h9-11,15H,4-8H2,1-3H3. The molecular formula is C14H23N5O2. The zero-order valence-electron chi connectivity index (χ0n) is 12.9. The van der Waals surface area contributed by atoms with Crippen LogP contribution in [0.2, 0.25) is 0 Å². The predicted molar refractivity (Wildman–Crippen MR) is 78.0 cm³/mol. The van der Waals surface area contributed by atoms with Crippen molar-refractivity contribution < 1.29 is 9.53 Å². The molecule has 0 amide bonds. The highest BCUT2D eigenvalue weighted by Gasteiger charge is 2.48. The smallest absolute Gasteiger partial charge is 0.331 e. The van der Waals surface area contributed by atoms with Crippen molar-refractivity contribution in [2.24, 2.45) is 11.3 Å². The van der Waals surface area contributed by atoms with Gasteiger partial charge in [0.2, 0.25) is 5.95 Å². The molecule has 1 aromatic rings. The summed E-state index contributed by atoms with van der Waals surface area (Å²) in [5, 5.41) is 7.80. The van der Waals surface area contributed by atoms with Gasteiger partial charge in [-0.3, -0.25) is 0 Å². The lowest BCUT2D eigenvalue weighted by molar-refractivity contribution is -0.149. The summed E-state index contributed by atoms with van der Waals surface area (Å²) in [7, 11) is 0. The highest BCUT2D eigenvalue weighted by Crippen LogP contribution is 2.36. The Balaban J connectivity index is 1.69. The van der Waals surface area contributed by atoms with Crippen LogP contribution in [0.25, 0.3) is 0 Å². The monoisotopic (exact) mass is 293 g/mol. The topological polar surface area (TPSA) is 72.3 Å². The molecule has 7 heteroatoms. The summed E-state index contributed by atoms with van der Waals surface area (Å²) in [6.45, 7) is 10.3. The van der Waals surface area contributed by atoms with Gasteiger partial charge in [0.1, 0.15) is 6.33 Å². The van der Waals surface area contributed by atoms with Crippen molar-refractivity contribution >= 4 is 11.9 Å². The van der Waals surface area contributed by atoms with Crippen molar-refractivity contribution in [3.8, 4) is 0 Å². The molecule has 0 radical (unpaired) electrons. The van der Waals surface area contributed by atoms with Crippen molar-refractivity contribution in [3.05, 3.63) is 6.33 Å². The Morgan fingerprint density at radius 2 is 2.19 bits per heavy atom. The van der Waals surface area contributed by atoms with E-state index in [4.69, 9.17) is 4.74 Å². The molecule has 21 heavy (non-hydrogen) atoms. The molecule has 116 valence electrons. The molecule has 7 nitrogen and oxygen atoms in total. The first kappa shape index (κ1) is 14.3. The number of carbonyl (C=O) groups is 1. The van der Waals surface area contributed by atoms with E-state index >= 15 is 0 Å². The Morgan fingerprint density at radius 3 is 2.71 bits per heavy atom. The van der Waals surface area contributed by atoms with E-state index in [0.29, 0.717) is 18.0 Å². The Kier molecular flexibility index (Phi) is 3.61. The lowest BCUT2D eigenvalue weighted by Crippen LogP contribution is -2.71. The SMILES string of the molecule is CCOC(=O)C(C(C)C)n1cnc(N2CC3(CNC3)C2)n1. The summed E-state index contributed by atoms with van der Waals surface area (Å²) in [6, 6.07) is -0.410. The number of esters is 1. The third kappa shape index (κ3) is 2.50. The number of aromatic nitrogens is 3. The van der Waals surface area contributed by atoms with Gasteiger partial charge >= 0.3 is 5.97 Å². The van der Waals surface area contributed by atoms with Gasteiger partial charge in [-0.15, -0.1) is 5.10 Å². The predicted octanol–water partition coefficient (Wildman–Crippen LogP) is 0.448. The first-order valence-electron chi connectivity index (χ1n) is 7.58. The number of hydrogen-bond acceptors (Lipinski definition) is 6. The molecule has 2 aliphatic rings. The van der Waals surface area contributed by atoms with Gasteiger partial charge in [0, 0.05) is 31.6 Å². The lowest BCUT2D eigenvalue weighted by Gasteiger charge is -2.55. The fourth-order valence-electron chi connectivity index (χ4n) is 3.06. The third-order valence-electron chi connectivity index (χ3n) is 4.28. The Labute approximate surface area is 124 Å². The van der Waals surface area contributed by atoms with Crippen LogP contribution in [0.5, 0.6) is 0 Å². The molecule has 3 heterocycles. The summed E-state index contributed by atoms with van der Waals surface area (Å²) in [5.74, 6) is 0.576. The molecule has 1 N–H and O–H groups in total. The number of nitrogens with zero attached hydrogens (tertiary/aromatic N) is 4. The maximum Gasteiger partial charge on any atom is 0.331 e. The number of carbonyl (C=O) groups excluding carboxylic acids is 1. The minimum atomic E-state index is -0.410. The zero-order chi connectivity index (χ0) is 15.0. The summed E-state index contributed by atoms with van der Waals surface area (Å²) in [6.07, 6.45) is 1.64. The minimum Gasteiger partial charge on any atom is -0.464 e. The molecule has 2 aliphatic heterocycles. The average Bonchev–Trinajstić information content (AvgIpc) is 2.74. The molecule has 0 saturated carbocycles. The van der Waals surface area contributed by atoms with Gasteiger partial charge in [-0.25, -0.2) is 14.5 Å². The Hall–Kier alpha value is -1.63. The first-order valence-corrected chi connectivity index (χ1v) is 7.58. The maximum absolute atomic E-state index is 12.1. The largest absolute Gasteiger partial charge is 0.464 e. The van der Waals surface area contributed by atoms with Gasteiger partial charge in [-0.2, -0.15) is 0 Å². The van der Waals surface area contributed by atoms with E-state index in [1.54, 1.807) is 11.0 Å². The second-order valence-electron chi connectivity index (χ2n) is 6.43. The van der Waals surface area contributed by atoms with E-state index in [2.05, 4.69) is 20.3 Å². The third-order valence-corrected chi connectivity index (χ3v) is 4.28. The van der Waals surface area contributed by atoms with Crippen molar-refractivity contribution in [2.75, 3.05) is 37.7 Å². The van der Waals surface area contributed by atoms with Gasteiger partial charge in [0.05, 0.1) is 6.61 Å². The fraction of sp³-hybridized carbons (Fsp3) is 0.786. The maximum atomic E-state index is 12.1. The molecule has 2 fully saturated rings. The van der Waals surface area contributed by atoms with Gasteiger partial charge in [0.15, 0.2) is 6.04 Å². The van der Waals surface area contributed by atoms with Crippen LogP contribution in [-0.2, 0) is 9.53 Å². The Bertz CT molecular complexity index is 515. The van der Waals surface area contributed by atoms with Gasteiger partial charge in [0.25, 0.3) is 0 Å². The zero-order valence-corrected chi connectivity index (χ0v) is 12.9. The molecule has 1 unspecified atom stereocenters. The highest BCUT2D eigenvalue weighted by molar-refractivity contribution is 5.74. The van der Waals surface area contributed by atoms with E-state index in [9.17, 15) is 4.79 Å². The van der Waals surface area contributed by atoms with Crippen LogP contribution in [0.1, 0.15) is 26.8 Å². The molecule has 0 aromatic carbocycles. The molecule has 1 atom stereocenters. The second kappa shape index (κ2) is 5.29. The highest BCUT2D eigenvalue weighted by atomic mass is 16.5. The van der Waals surface area contributed by atoms with E-state index in [0.717, 1.165) is 26.2 Å². The van der Waals surface area contributed by atoms with Crippen molar-refractivity contribution in [2.45, 2.75) is 26.8 Å². The van der Waals surface area contributed by atoms with E-state index in [1.165, 1.54) is 0 Å². The molecule has 2 saturated heterocycles. The van der Waals surface area contributed by atoms with Crippen LogP contribution in [0, 0.1) is 11.3 Å². The van der Waals surface area contributed by atoms with Gasteiger partial charge < -0.3 is 15.0 Å². The van der Waals surface area contributed by atoms with Crippen molar-refractivity contribution in [1.29, 1.82) is 0 Å². The van der Waals surface area contributed by atoms with Gasteiger partial charge in [-0.05, 0) is 12.8 Å². The second-order valence-corrected chi connectivity index (χ2v) is 6.43. The first-order chi connectivity index (χ1) is 10.0.